The Hall–Kier alpha value is -1.35. The number of nitrogens with one attached hydrogen (secondary N) is 1. The second-order valence-electron chi connectivity index (χ2n) is 4.55. The van der Waals surface area contributed by atoms with Gasteiger partial charge in [-0.1, -0.05) is 19.9 Å². The van der Waals surface area contributed by atoms with Crippen LogP contribution in [0.3, 0.4) is 0 Å². The van der Waals surface area contributed by atoms with E-state index in [4.69, 9.17) is 0 Å². The SMILES string of the molecule is CCNC(CC)Cc1ccc2c(c1)ncn2C. The second kappa shape index (κ2) is 5.32. The monoisotopic (exact) mass is 231 g/mol. The van der Waals surface area contributed by atoms with Crippen LogP contribution in [0.1, 0.15) is 25.8 Å². The van der Waals surface area contributed by atoms with E-state index in [1.165, 1.54) is 11.1 Å². The molecular formula is C14H21N3. The van der Waals surface area contributed by atoms with Crippen molar-refractivity contribution in [3.8, 4) is 0 Å². The third kappa shape index (κ3) is 2.67. The first kappa shape index (κ1) is 12.1. The number of aromatic nitrogens is 2. The average Bonchev–Trinajstić information content (AvgIpc) is 2.70. The van der Waals surface area contributed by atoms with Crippen molar-refractivity contribution in [1.82, 2.24) is 14.9 Å². The number of likely N-dealkylation sites (N-methyl/N-ethyl adjacent to an activating group) is 1. The second-order valence-corrected chi connectivity index (χ2v) is 4.55. The molecule has 3 heteroatoms. The van der Waals surface area contributed by atoms with Crippen molar-refractivity contribution in [1.29, 1.82) is 0 Å². The predicted molar refractivity (Wildman–Crippen MR) is 72.2 cm³/mol. The minimum atomic E-state index is 0.571. The lowest BCUT2D eigenvalue weighted by atomic mass is 10.0. The summed E-state index contributed by atoms with van der Waals surface area (Å²) in [6.07, 6.45) is 4.11. The molecule has 2 rings (SSSR count). The summed E-state index contributed by atoms with van der Waals surface area (Å²) in [5, 5.41) is 3.51. The van der Waals surface area contributed by atoms with Crippen LogP contribution in [0.15, 0.2) is 24.5 Å². The maximum absolute atomic E-state index is 4.40. The average molecular weight is 231 g/mol. The van der Waals surface area contributed by atoms with Crippen molar-refractivity contribution in [3.63, 3.8) is 0 Å². The zero-order valence-corrected chi connectivity index (χ0v) is 10.9. The molecule has 2 aromatic rings. The molecule has 1 aromatic heterocycles. The Kier molecular flexibility index (Phi) is 3.79. The minimum Gasteiger partial charge on any atom is -0.334 e. The molecule has 3 nitrogen and oxygen atoms in total. The lowest BCUT2D eigenvalue weighted by molar-refractivity contribution is 0.510. The van der Waals surface area contributed by atoms with Gasteiger partial charge in [0.15, 0.2) is 0 Å². The molecule has 17 heavy (non-hydrogen) atoms. The van der Waals surface area contributed by atoms with Gasteiger partial charge in [-0.15, -0.1) is 0 Å². The highest BCUT2D eigenvalue weighted by atomic mass is 15.0. The quantitative estimate of drug-likeness (QED) is 0.857. The molecule has 0 radical (unpaired) electrons. The Morgan fingerprint density at radius 3 is 2.88 bits per heavy atom. The summed E-state index contributed by atoms with van der Waals surface area (Å²) in [5.74, 6) is 0. The van der Waals surface area contributed by atoms with E-state index in [9.17, 15) is 0 Å². The Morgan fingerprint density at radius 2 is 2.18 bits per heavy atom. The van der Waals surface area contributed by atoms with Gasteiger partial charge >= 0.3 is 0 Å². The molecular weight excluding hydrogens is 210 g/mol. The van der Waals surface area contributed by atoms with Crippen LogP contribution in [0.2, 0.25) is 0 Å². The topological polar surface area (TPSA) is 29.9 Å². The largest absolute Gasteiger partial charge is 0.334 e. The Labute approximate surface area is 103 Å². The molecule has 0 amide bonds. The molecule has 0 spiro atoms. The first-order valence-electron chi connectivity index (χ1n) is 6.38. The highest BCUT2D eigenvalue weighted by molar-refractivity contribution is 5.75. The summed E-state index contributed by atoms with van der Waals surface area (Å²) < 4.78 is 2.06. The summed E-state index contributed by atoms with van der Waals surface area (Å²) in [7, 11) is 2.03. The lowest BCUT2D eigenvalue weighted by Crippen LogP contribution is -2.30. The van der Waals surface area contributed by atoms with Crippen molar-refractivity contribution < 1.29 is 0 Å². The van der Waals surface area contributed by atoms with Gasteiger partial charge < -0.3 is 9.88 Å². The highest BCUT2D eigenvalue weighted by Crippen LogP contribution is 2.15. The number of nitrogens with zero attached hydrogens (tertiary/aromatic N) is 2. The Morgan fingerprint density at radius 1 is 1.35 bits per heavy atom. The fourth-order valence-corrected chi connectivity index (χ4v) is 2.24. The molecule has 0 saturated heterocycles. The number of hydrogen-bond donors (Lipinski definition) is 1. The van der Waals surface area contributed by atoms with Crippen molar-refractivity contribution in [3.05, 3.63) is 30.1 Å². The van der Waals surface area contributed by atoms with E-state index in [1.807, 2.05) is 13.4 Å². The molecule has 1 unspecified atom stereocenters. The normalized spacial score (nSPS) is 13.1. The zero-order chi connectivity index (χ0) is 12.3. The van der Waals surface area contributed by atoms with Crippen LogP contribution in [0.4, 0.5) is 0 Å². The van der Waals surface area contributed by atoms with Gasteiger partial charge in [-0.3, -0.25) is 0 Å². The van der Waals surface area contributed by atoms with Gasteiger partial charge in [-0.2, -0.15) is 0 Å². The van der Waals surface area contributed by atoms with E-state index in [0.29, 0.717) is 6.04 Å². The van der Waals surface area contributed by atoms with E-state index >= 15 is 0 Å². The molecule has 0 aliphatic rings. The van der Waals surface area contributed by atoms with Gasteiger partial charge in [-0.05, 0) is 37.1 Å². The number of imidazole rings is 1. The van der Waals surface area contributed by atoms with Crippen molar-refractivity contribution in [2.24, 2.45) is 7.05 Å². The fourth-order valence-electron chi connectivity index (χ4n) is 2.24. The number of fused-ring (bicyclic) bond motifs is 1. The maximum Gasteiger partial charge on any atom is 0.0955 e. The van der Waals surface area contributed by atoms with Gasteiger partial charge in [0.2, 0.25) is 0 Å². The van der Waals surface area contributed by atoms with E-state index < -0.39 is 0 Å². The number of rotatable bonds is 5. The summed E-state index contributed by atoms with van der Waals surface area (Å²) in [6.45, 7) is 5.42. The summed E-state index contributed by atoms with van der Waals surface area (Å²) in [6, 6.07) is 7.15. The summed E-state index contributed by atoms with van der Waals surface area (Å²) in [5.41, 5.74) is 3.66. The zero-order valence-electron chi connectivity index (χ0n) is 10.9. The van der Waals surface area contributed by atoms with E-state index in [2.05, 4.69) is 46.9 Å². The first-order valence-corrected chi connectivity index (χ1v) is 6.38. The van der Waals surface area contributed by atoms with E-state index in [0.717, 1.165) is 24.9 Å². The molecule has 1 N–H and O–H groups in total. The minimum absolute atomic E-state index is 0.571. The van der Waals surface area contributed by atoms with Crippen LogP contribution in [0.25, 0.3) is 11.0 Å². The molecule has 0 saturated carbocycles. The number of aryl methyl sites for hydroxylation is 1. The number of hydrogen-bond acceptors (Lipinski definition) is 2. The predicted octanol–water partition coefficient (Wildman–Crippen LogP) is 2.50. The van der Waals surface area contributed by atoms with Crippen molar-refractivity contribution in [2.75, 3.05) is 6.54 Å². The van der Waals surface area contributed by atoms with Gasteiger partial charge in [0.25, 0.3) is 0 Å². The standard InChI is InChI=1S/C14H21N3/c1-4-12(15-5-2)8-11-6-7-14-13(9-11)16-10-17(14)3/h6-7,9-10,12,15H,4-5,8H2,1-3H3. The van der Waals surface area contributed by atoms with Crippen LogP contribution in [-0.4, -0.2) is 22.1 Å². The van der Waals surface area contributed by atoms with Gasteiger partial charge in [0.1, 0.15) is 0 Å². The van der Waals surface area contributed by atoms with Crippen LogP contribution in [0, 0.1) is 0 Å². The maximum atomic E-state index is 4.40. The van der Waals surface area contributed by atoms with E-state index in [-0.39, 0.29) is 0 Å². The third-order valence-corrected chi connectivity index (χ3v) is 3.26. The Bertz CT molecular complexity index is 487. The van der Waals surface area contributed by atoms with Crippen LogP contribution in [-0.2, 0) is 13.5 Å². The molecule has 1 aromatic carbocycles. The fraction of sp³-hybridized carbons (Fsp3) is 0.500. The summed E-state index contributed by atoms with van der Waals surface area (Å²) >= 11 is 0. The Balaban J connectivity index is 2.18. The molecule has 0 aliphatic carbocycles. The van der Waals surface area contributed by atoms with E-state index in [1.54, 1.807) is 0 Å². The van der Waals surface area contributed by atoms with Gasteiger partial charge in [0.05, 0.1) is 17.4 Å². The molecule has 0 bridgehead atoms. The van der Waals surface area contributed by atoms with Crippen LogP contribution in [0.5, 0.6) is 0 Å². The molecule has 92 valence electrons. The molecule has 1 heterocycles. The lowest BCUT2D eigenvalue weighted by Gasteiger charge is -2.15. The summed E-state index contributed by atoms with van der Waals surface area (Å²) in [4.78, 5) is 4.40. The van der Waals surface area contributed by atoms with Gasteiger partial charge in [0, 0.05) is 13.1 Å². The van der Waals surface area contributed by atoms with Crippen molar-refractivity contribution >= 4 is 11.0 Å². The van der Waals surface area contributed by atoms with Crippen LogP contribution < -0.4 is 5.32 Å². The molecule has 0 fully saturated rings. The van der Waals surface area contributed by atoms with Gasteiger partial charge in [-0.25, -0.2) is 4.98 Å². The molecule has 0 aliphatic heterocycles. The number of benzene rings is 1. The molecule has 1 atom stereocenters. The third-order valence-electron chi connectivity index (χ3n) is 3.26. The van der Waals surface area contributed by atoms with Crippen LogP contribution >= 0.6 is 0 Å². The smallest absolute Gasteiger partial charge is 0.0955 e. The first-order chi connectivity index (χ1) is 8.24. The highest BCUT2D eigenvalue weighted by Gasteiger charge is 2.07. The van der Waals surface area contributed by atoms with Crippen molar-refractivity contribution in [2.45, 2.75) is 32.7 Å².